The summed E-state index contributed by atoms with van der Waals surface area (Å²) in [6.07, 6.45) is 7.77. The van der Waals surface area contributed by atoms with Crippen molar-refractivity contribution in [3.8, 4) is 11.4 Å². The molecule has 0 radical (unpaired) electrons. The summed E-state index contributed by atoms with van der Waals surface area (Å²) in [6.45, 7) is 3.41. The van der Waals surface area contributed by atoms with Gasteiger partial charge in [-0.2, -0.15) is 0 Å². The van der Waals surface area contributed by atoms with Crippen LogP contribution in [0.3, 0.4) is 0 Å². The molecule has 4 nitrogen and oxygen atoms in total. The van der Waals surface area contributed by atoms with Gasteiger partial charge >= 0.3 is 0 Å². The predicted octanol–water partition coefficient (Wildman–Crippen LogP) is 2.94. The van der Waals surface area contributed by atoms with E-state index in [9.17, 15) is 4.79 Å². The Morgan fingerprint density at radius 2 is 2.00 bits per heavy atom. The summed E-state index contributed by atoms with van der Waals surface area (Å²) in [5, 5.41) is 3.04. The van der Waals surface area contributed by atoms with Crippen LogP contribution in [0.15, 0.2) is 48.7 Å². The minimum atomic E-state index is 0.123. The van der Waals surface area contributed by atoms with Crippen molar-refractivity contribution in [3.05, 3.63) is 54.4 Å². The summed E-state index contributed by atoms with van der Waals surface area (Å²) in [7, 11) is 0. The lowest BCUT2D eigenvalue weighted by Crippen LogP contribution is -2.32. The smallest absolute Gasteiger partial charge is 0.223 e. The number of carbonyl (C=O) groups is 1. The van der Waals surface area contributed by atoms with Crippen molar-refractivity contribution in [1.29, 1.82) is 0 Å². The van der Waals surface area contributed by atoms with E-state index in [1.54, 1.807) is 0 Å². The minimum absolute atomic E-state index is 0.123. The van der Waals surface area contributed by atoms with Gasteiger partial charge in [0.2, 0.25) is 5.91 Å². The number of amides is 1. The van der Waals surface area contributed by atoms with Gasteiger partial charge in [0.25, 0.3) is 0 Å². The van der Waals surface area contributed by atoms with Gasteiger partial charge in [-0.05, 0) is 19.8 Å². The Labute approximate surface area is 130 Å². The van der Waals surface area contributed by atoms with Gasteiger partial charge in [-0.1, -0.05) is 42.5 Å². The average molecular weight is 295 g/mol. The van der Waals surface area contributed by atoms with E-state index in [4.69, 9.17) is 0 Å². The molecule has 0 aliphatic heterocycles. The Morgan fingerprint density at radius 1 is 1.27 bits per heavy atom. The number of imidazole rings is 1. The van der Waals surface area contributed by atoms with Gasteiger partial charge in [-0.15, -0.1) is 0 Å². The topological polar surface area (TPSA) is 46.9 Å². The fourth-order valence-corrected chi connectivity index (χ4v) is 2.83. The molecule has 0 bridgehead atoms. The first-order valence-corrected chi connectivity index (χ1v) is 7.76. The summed E-state index contributed by atoms with van der Waals surface area (Å²) in [5.74, 6) is 1.23. The van der Waals surface area contributed by atoms with Crippen LogP contribution >= 0.6 is 0 Å². The number of aryl methyl sites for hydroxylation is 1. The molecule has 1 amide bonds. The molecule has 1 N–H and O–H groups in total. The Kier molecular flexibility index (Phi) is 4.37. The number of nitrogens with one attached hydrogen (secondary N) is 1. The van der Waals surface area contributed by atoms with E-state index < -0.39 is 0 Å². The van der Waals surface area contributed by atoms with E-state index in [0.29, 0.717) is 6.54 Å². The third-order valence-electron chi connectivity index (χ3n) is 4.10. The molecule has 0 saturated carbocycles. The number of benzene rings is 1. The van der Waals surface area contributed by atoms with E-state index in [1.807, 2.05) is 31.3 Å². The third kappa shape index (κ3) is 3.11. The van der Waals surface area contributed by atoms with Crippen LogP contribution in [-0.4, -0.2) is 22.0 Å². The maximum Gasteiger partial charge on any atom is 0.223 e. The second-order valence-corrected chi connectivity index (χ2v) is 5.67. The van der Waals surface area contributed by atoms with Gasteiger partial charge in [0.05, 0.1) is 0 Å². The Bertz CT molecular complexity index is 665. The lowest BCUT2D eigenvalue weighted by molar-refractivity contribution is -0.124. The van der Waals surface area contributed by atoms with Crippen molar-refractivity contribution in [2.24, 2.45) is 5.92 Å². The monoisotopic (exact) mass is 295 g/mol. The molecule has 0 spiro atoms. The van der Waals surface area contributed by atoms with Crippen LogP contribution in [0.25, 0.3) is 11.4 Å². The molecule has 0 fully saturated rings. The first-order chi connectivity index (χ1) is 10.8. The van der Waals surface area contributed by atoms with Crippen molar-refractivity contribution >= 4 is 5.91 Å². The number of aromatic nitrogens is 2. The van der Waals surface area contributed by atoms with Gasteiger partial charge in [0, 0.05) is 36.5 Å². The molecule has 4 heteroatoms. The van der Waals surface area contributed by atoms with Crippen LogP contribution in [0.4, 0.5) is 0 Å². The van der Waals surface area contributed by atoms with Crippen molar-refractivity contribution in [2.45, 2.75) is 26.3 Å². The zero-order chi connectivity index (χ0) is 15.4. The third-order valence-corrected chi connectivity index (χ3v) is 4.10. The highest BCUT2D eigenvalue weighted by molar-refractivity contribution is 5.79. The number of hydrogen-bond acceptors (Lipinski definition) is 2. The molecule has 0 saturated heterocycles. The van der Waals surface area contributed by atoms with E-state index in [1.165, 1.54) is 0 Å². The lowest BCUT2D eigenvalue weighted by atomic mass is 10.1. The maximum absolute atomic E-state index is 12.0. The molecule has 3 rings (SSSR count). The molecule has 1 aliphatic rings. The normalized spacial score (nSPS) is 14.4. The Hall–Kier alpha value is -2.36. The highest BCUT2D eigenvalue weighted by Gasteiger charge is 2.18. The summed E-state index contributed by atoms with van der Waals surface area (Å²) in [6, 6.07) is 10.1. The number of nitrogens with zero attached hydrogens (tertiary/aromatic N) is 2. The van der Waals surface area contributed by atoms with Crippen molar-refractivity contribution < 1.29 is 4.79 Å². The number of allylic oxidation sites excluding steroid dienone is 2. The molecule has 0 unspecified atom stereocenters. The fraction of sp³-hybridized carbons (Fsp3) is 0.333. The molecule has 114 valence electrons. The lowest BCUT2D eigenvalue weighted by Gasteiger charge is -2.13. The quantitative estimate of drug-likeness (QED) is 0.862. The molecule has 2 aromatic rings. The largest absolute Gasteiger partial charge is 0.354 e. The predicted molar refractivity (Wildman–Crippen MR) is 87.3 cm³/mol. The summed E-state index contributed by atoms with van der Waals surface area (Å²) in [4.78, 5) is 16.5. The van der Waals surface area contributed by atoms with Crippen LogP contribution in [0.2, 0.25) is 0 Å². The molecule has 1 aliphatic carbocycles. The van der Waals surface area contributed by atoms with Crippen LogP contribution in [0.5, 0.6) is 0 Å². The van der Waals surface area contributed by atoms with Crippen LogP contribution in [0, 0.1) is 12.8 Å². The molecular formula is C18H21N3O. The standard InChI is InChI=1S/C18H21N3O/c1-14-13-20-17(15-7-3-2-4-8-15)21(14)12-11-19-18(22)16-9-5-6-10-16/h2-8,13,16H,9-12H2,1H3,(H,19,22). The van der Waals surface area contributed by atoms with Gasteiger partial charge < -0.3 is 9.88 Å². The molecule has 1 heterocycles. The van der Waals surface area contributed by atoms with E-state index >= 15 is 0 Å². The highest BCUT2D eigenvalue weighted by Crippen LogP contribution is 2.19. The van der Waals surface area contributed by atoms with Crippen LogP contribution in [-0.2, 0) is 11.3 Å². The summed E-state index contributed by atoms with van der Waals surface area (Å²) >= 11 is 0. The van der Waals surface area contributed by atoms with E-state index in [2.05, 4.69) is 39.2 Å². The zero-order valence-electron chi connectivity index (χ0n) is 12.8. The number of rotatable bonds is 5. The van der Waals surface area contributed by atoms with Gasteiger partial charge in [-0.25, -0.2) is 4.98 Å². The Balaban J connectivity index is 1.63. The second-order valence-electron chi connectivity index (χ2n) is 5.67. The molecular weight excluding hydrogens is 274 g/mol. The van der Waals surface area contributed by atoms with E-state index in [-0.39, 0.29) is 11.8 Å². The van der Waals surface area contributed by atoms with Crippen LogP contribution < -0.4 is 5.32 Å². The fourth-order valence-electron chi connectivity index (χ4n) is 2.83. The van der Waals surface area contributed by atoms with Gasteiger partial charge in [0.1, 0.15) is 5.82 Å². The van der Waals surface area contributed by atoms with Crippen molar-refractivity contribution in [1.82, 2.24) is 14.9 Å². The molecule has 1 aromatic carbocycles. The zero-order valence-corrected chi connectivity index (χ0v) is 12.8. The average Bonchev–Trinajstić information content (AvgIpc) is 3.19. The van der Waals surface area contributed by atoms with Crippen molar-refractivity contribution in [2.75, 3.05) is 6.54 Å². The van der Waals surface area contributed by atoms with Gasteiger partial charge in [-0.3, -0.25) is 4.79 Å². The van der Waals surface area contributed by atoms with Crippen LogP contribution in [0.1, 0.15) is 18.5 Å². The number of carbonyl (C=O) groups excluding carboxylic acids is 1. The highest BCUT2D eigenvalue weighted by atomic mass is 16.1. The van der Waals surface area contributed by atoms with Crippen molar-refractivity contribution in [3.63, 3.8) is 0 Å². The Morgan fingerprint density at radius 3 is 2.73 bits per heavy atom. The molecule has 0 atom stereocenters. The summed E-state index contributed by atoms with van der Waals surface area (Å²) in [5.41, 5.74) is 2.21. The second kappa shape index (κ2) is 6.60. The molecule has 1 aromatic heterocycles. The van der Waals surface area contributed by atoms with Gasteiger partial charge in [0.15, 0.2) is 0 Å². The first-order valence-electron chi connectivity index (χ1n) is 7.76. The minimum Gasteiger partial charge on any atom is -0.354 e. The molecule has 22 heavy (non-hydrogen) atoms. The number of hydrogen-bond donors (Lipinski definition) is 1. The maximum atomic E-state index is 12.0. The van der Waals surface area contributed by atoms with E-state index in [0.717, 1.165) is 36.5 Å². The first kappa shape index (κ1) is 14.6. The SMILES string of the molecule is Cc1cnc(-c2ccccc2)n1CCNC(=O)C1CC=CC1. The summed E-state index contributed by atoms with van der Waals surface area (Å²) < 4.78 is 2.16.